The van der Waals surface area contributed by atoms with Crippen molar-refractivity contribution in [2.75, 3.05) is 5.73 Å². The molecule has 2 nitrogen and oxygen atoms in total. The third kappa shape index (κ3) is 2.30. The molecular weight excluding hydrogens is 230 g/mol. The Balaban J connectivity index is 2.31. The van der Waals surface area contributed by atoms with Gasteiger partial charge in [-0.1, -0.05) is 11.8 Å². The van der Waals surface area contributed by atoms with Crippen molar-refractivity contribution in [1.82, 2.24) is 4.98 Å². The summed E-state index contributed by atoms with van der Waals surface area (Å²) in [5.74, 6) is -1.22. The Labute approximate surface area is 95.5 Å². The van der Waals surface area contributed by atoms with E-state index >= 15 is 0 Å². The second-order valence-corrected chi connectivity index (χ2v) is 4.11. The van der Waals surface area contributed by atoms with Crippen LogP contribution in [0.1, 0.15) is 0 Å². The summed E-state index contributed by atoms with van der Waals surface area (Å²) in [6.07, 6.45) is 1.57. The Bertz CT molecular complexity index is 517. The number of aromatic nitrogens is 1. The largest absolute Gasteiger partial charge is 0.397 e. The van der Waals surface area contributed by atoms with E-state index in [-0.39, 0.29) is 0 Å². The topological polar surface area (TPSA) is 38.9 Å². The lowest BCUT2D eigenvalue weighted by atomic mass is 10.3. The standard InChI is InChI=1S/C11H8F2N2S/c12-7-3-4-10(8(13)6-7)16-11-9(14)2-1-5-15-11/h1-6H,14H2. The molecule has 0 aliphatic rings. The predicted octanol–water partition coefficient (Wildman–Crippen LogP) is 3.09. The molecule has 1 aromatic carbocycles. The minimum Gasteiger partial charge on any atom is -0.397 e. The maximum Gasteiger partial charge on any atom is 0.140 e. The molecule has 0 fully saturated rings. The molecule has 0 radical (unpaired) electrons. The van der Waals surface area contributed by atoms with Crippen molar-refractivity contribution in [3.8, 4) is 0 Å². The SMILES string of the molecule is Nc1cccnc1Sc1ccc(F)cc1F. The van der Waals surface area contributed by atoms with E-state index in [4.69, 9.17) is 5.73 Å². The number of nitrogens with two attached hydrogens (primary N) is 1. The Morgan fingerprint density at radius 3 is 2.69 bits per heavy atom. The van der Waals surface area contributed by atoms with Gasteiger partial charge in [0.15, 0.2) is 0 Å². The van der Waals surface area contributed by atoms with Crippen LogP contribution in [0.25, 0.3) is 0 Å². The molecule has 0 unspecified atom stereocenters. The molecule has 0 saturated carbocycles. The van der Waals surface area contributed by atoms with E-state index in [1.54, 1.807) is 18.3 Å². The fourth-order valence-corrected chi connectivity index (χ4v) is 1.95. The molecular formula is C11H8F2N2S. The second kappa shape index (κ2) is 4.49. The first kappa shape index (κ1) is 10.9. The number of halogens is 2. The fourth-order valence-electron chi connectivity index (χ4n) is 1.15. The quantitative estimate of drug-likeness (QED) is 0.873. The lowest BCUT2D eigenvalue weighted by molar-refractivity contribution is 0.565. The third-order valence-corrected chi connectivity index (χ3v) is 2.99. The molecule has 1 aromatic heterocycles. The molecule has 2 N–H and O–H groups in total. The summed E-state index contributed by atoms with van der Waals surface area (Å²) in [6.45, 7) is 0. The molecule has 0 atom stereocenters. The highest BCUT2D eigenvalue weighted by molar-refractivity contribution is 7.99. The van der Waals surface area contributed by atoms with E-state index in [1.165, 1.54) is 12.1 Å². The Hall–Kier alpha value is -1.62. The van der Waals surface area contributed by atoms with Gasteiger partial charge in [-0.25, -0.2) is 13.8 Å². The lowest BCUT2D eigenvalue weighted by Crippen LogP contribution is -1.91. The summed E-state index contributed by atoms with van der Waals surface area (Å²) in [5.41, 5.74) is 6.14. The molecule has 0 bridgehead atoms. The molecule has 5 heteroatoms. The predicted molar refractivity (Wildman–Crippen MR) is 59.1 cm³/mol. The molecule has 1 heterocycles. The summed E-state index contributed by atoms with van der Waals surface area (Å²) >= 11 is 1.07. The number of nitrogens with zero attached hydrogens (tertiary/aromatic N) is 1. The maximum atomic E-state index is 13.3. The molecule has 16 heavy (non-hydrogen) atoms. The van der Waals surface area contributed by atoms with E-state index in [2.05, 4.69) is 4.98 Å². The number of hydrogen-bond donors (Lipinski definition) is 1. The van der Waals surface area contributed by atoms with Gasteiger partial charge in [0.05, 0.1) is 5.69 Å². The van der Waals surface area contributed by atoms with Crippen molar-refractivity contribution < 1.29 is 8.78 Å². The summed E-state index contributed by atoms with van der Waals surface area (Å²) < 4.78 is 26.0. The first-order valence-electron chi connectivity index (χ1n) is 4.50. The fraction of sp³-hybridized carbons (Fsp3) is 0. The van der Waals surface area contributed by atoms with Gasteiger partial charge < -0.3 is 5.73 Å². The van der Waals surface area contributed by atoms with Crippen molar-refractivity contribution in [3.05, 3.63) is 48.2 Å². The summed E-state index contributed by atoms with van der Waals surface area (Å²) in [7, 11) is 0. The number of benzene rings is 1. The van der Waals surface area contributed by atoms with Crippen molar-refractivity contribution >= 4 is 17.4 Å². The van der Waals surface area contributed by atoms with Crippen molar-refractivity contribution in [1.29, 1.82) is 0 Å². The molecule has 82 valence electrons. The smallest absolute Gasteiger partial charge is 0.140 e. The molecule has 0 spiro atoms. The van der Waals surface area contributed by atoms with E-state index in [0.29, 0.717) is 15.6 Å². The molecule has 0 aliphatic heterocycles. The van der Waals surface area contributed by atoms with E-state index in [9.17, 15) is 8.78 Å². The Morgan fingerprint density at radius 1 is 1.19 bits per heavy atom. The second-order valence-electron chi connectivity index (χ2n) is 3.07. The van der Waals surface area contributed by atoms with E-state index < -0.39 is 11.6 Å². The highest BCUT2D eigenvalue weighted by atomic mass is 32.2. The first-order chi connectivity index (χ1) is 7.66. The van der Waals surface area contributed by atoms with Crippen molar-refractivity contribution in [2.45, 2.75) is 9.92 Å². The highest BCUT2D eigenvalue weighted by Crippen LogP contribution is 2.31. The normalized spacial score (nSPS) is 10.4. The number of pyridine rings is 1. The first-order valence-corrected chi connectivity index (χ1v) is 5.32. The van der Waals surface area contributed by atoms with Gasteiger partial charge in [-0.3, -0.25) is 0 Å². The third-order valence-electron chi connectivity index (χ3n) is 1.90. The highest BCUT2D eigenvalue weighted by Gasteiger charge is 2.08. The van der Waals surface area contributed by atoms with Gasteiger partial charge in [-0.05, 0) is 24.3 Å². The molecule has 0 saturated heterocycles. The van der Waals surface area contributed by atoms with E-state index in [1.807, 2.05) is 0 Å². The van der Waals surface area contributed by atoms with Gasteiger partial charge >= 0.3 is 0 Å². The Kier molecular flexibility index (Phi) is 3.05. The number of nitrogen functional groups attached to an aromatic ring is 1. The van der Waals surface area contributed by atoms with Crippen LogP contribution >= 0.6 is 11.8 Å². The average molecular weight is 238 g/mol. The van der Waals surface area contributed by atoms with Gasteiger partial charge in [0.1, 0.15) is 16.7 Å². The zero-order valence-corrected chi connectivity index (χ0v) is 8.97. The minimum atomic E-state index is -0.616. The van der Waals surface area contributed by atoms with Crippen LogP contribution in [-0.2, 0) is 0 Å². The molecule has 2 rings (SSSR count). The van der Waals surface area contributed by atoms with Crippen molar-refractivity contribution in [2.24, 2.45) is 0 Å². The number of hydrogen-bond acceptors (Lipinski definition) is 3. The Morgan fingerprint density at radius 2 is 2.00 bits per heavy atom. The number of anilines is 1. The van der Waals surface area contributed by atoms with Crippen LogP contribution in [0.4, 0.5) is 14.5 Å². The molecule has 0 amide bonds. The lowest BCUT2D eigenvalue weighted by Gasteiger charge is -2.04. The zero-order chi connectivity index (χ0) is 11.5. The summed E-state index contributed by atoms with van der Waals surface area (Å²) in [5, 5.41) is 0.507. The summed E-state index contributed by atoms with van der Waals surface area (Å²) in [4.78, 5) is 4.31. The van der Waals surface area contributed by atoms with E-state index in [0.717, 1.165) is 17.8 Å². The van der Waals surface area contributed by atoms with Crippen LogP contribution < -0.4 is 5.73 Å². The van der Waals surface area contributed by atoms with Gasteiger partial charge in [-0.2, -0.15) is 0 Å². The minimum absolute atomic E-state index is 0.298. The molecule has 2 aromatic rings. The monoisotopic (exact) mass is 238 g/mol. The maximum absolute atomic E-state index is 13.3. The van der Waals surface area contributed by atoms with Crippen LogP contribution in [0, 0.1) is 11.6 Å². The zero-order valence-electron chi connectivity index (χ0n) is 8.15. The van der Waals surface area contributed by atoms with Crippen LogP contribution in [-0.4, -0.2) is 4.98 Å². The van der Waals surface area contributed by atoms with Gasteiger partial charge in [0.25, 0.3) is 0 Å². The molecule has 0 aliphatic carbocycles. The number of rotatable bonds is 2. The van der Waals surface area contributed by atoms with Gasteiger partial charge in [-0.15, -0.1) is 0 Å². The van der Waals surface area contributed by atoms with Gasteiger partial charge in [0, 0.05) is 17.2 Å². The van der Waals surface area contributed by atoms with Gasteiger partial charge in [0.2, 0.25) is 0 Å². The van der Waals surface area contributed by atoms with Crippen LogP contribution in [0.15, 0.2) is 46.5 Å². The average Bonchev–Trinajstić information content (AvgIpc) is 2.25. The van der Waals surface area contributed by atoms with Crippen LogP contribution in [0.2, 0.25) is 0 Å². The summed E-state index contributed by atoms with van der Waals surface area (Å²) in [6, 6.07) is 6.77. The van der Waals surface area contributed by atoms with Crippen LogP contribution in [0.5, 0.6) is 0 Å². The van der Waals surface area contributed by atoms with Crippen molar-refractivity contribution in [3.63, 3.8) is 0 Å². The van der Waals surface area contributed by atoms with Crippen LogP contribution in [0.3, 0.4) is 0 Å².